The second-order valence-corrected chi connectivity index (χ2v) is 8.83. The maximum Gasteiger partial charge on any atom is 0.266 e. The molecule has 0 amide bonds. The van der Waals surface area contributed by atoms with Gasteiger partial charge in [0.2, 0.25) is 0 Å². The van der Waals surface area contributed by atoms with Crippen molar-refractivity contribution in [3.05, 3.63) is 28.2 Å². The SMILES string of the molecule is CC(C)(C)c1ccc(=O)n(CCN2CCN(C3CCCCC3O)CC2)n1. The minimum Gasteiger partial charge on any atom is -0.391 e. The van der Waals surface area contributed by atoms with Crippen LogP contribution in [0.3, 0.4) is 0 Å². The summed E-state index contributed by atoms with van der Waals surface area (Å²) in [6.45, 7) is 11.8. The molecule has 2 unspecified atom stereocenters. The van der Waals surface area contributed by atoms with Gasteiger partial charge < -0.3 is 5.11 Å². The number of aliphatic hydroxyl groups is 1. The molecule has 2 aliphatic rings. The summed E-state index contributed by atoms with van der Waals surface area (Å²) in [5.41, 5.74) is 0.872. The molecule has 0 radical (unpaired) electrons. The van der Waals surface area contributed by atoms with Crippen LogP contribution in [0.15, 0.2) is 16.9 Å². The molecule has 146 valence electrons. The van der Waals surface area contributed by atoms with Crippen LogP contribution in [-0.4, -0.2) is 69.6 Å². The third-order valence-electron chi connectivity index (χ3n) is 5.83. The van der Waals surface area contributed by atoms with E-state index < -0.39 is 0 Å². The second kappa shape index (κ2) is 8.19. The lowest BCUT2D eigenvalue weighted by Crippen LogP contribution is -2.54. The van der Waals surface area contributed by atoms with Crippen LogP contribution in [-0.2, 0) is 12.0 Å². The molecule has 2 fully saturated rings. The minimum atomic E-state index is -0.154. The quantitative estimate of drug-likeness (QED) is 0.879. The van der Waals surface area contributed by atoms with Gasteiger partial charge in [0.1, 0.15) is 0 Å². The van der Waals surface area contributed by atoms with Gasteiger partial charge in [-0.05, 0) is 18.9 Å². The Morgan fingerprint density at radius 1 is 1.08 bits per heavy atom. The largest absolute Gasteiger partial charge is 0.391 e. The first kappa shape index (κ1) is 19.5. The van der Waals surface area contributed by atoms with Crippen LogP contribution in [0, 0.1) is 0 Å². The third-order valence-corrected chi connectivity index (χ3v) is 5.83. The van der Waals surface area contributed by atoms with E-state index in [1.807, 2.05) is 6.07 Å². The molecule has 1 aromatic rings. The summed E-state index contributed by atoms with van der Waals surface area (Å²) >= 11 is 0. The number of hydrogen-bond acceptors (Lipinski definition) is 5. The molecule has 6 nitrogen and oxygen atoms in total. The van der Waals surface area contributed by atoms with Crippen LogP contribution in [0.1, 0.15) is 52.1 Å². The summed E-state index contributed by atoms with van der Waals surface area (Å²) in [5.74, 6) is 0. The highest BCUT2D eigenvalue weighted by atomic mass is 16.3. The number of piperazine rings is 1. The Bertz CT molecular complexity index is 644. The van der Waals surface area contributed by atoms with Gasteiger partial charge in [0.05, 0.1) is 18.3 Å². The van der Waals surface area contributed by atoms with Crippen molar-refractivity contribution in [1.82, 2.24) is 19.6 Å². The highest BCUT2D eigenvalue weighted by Gasteiger charge is 2.30. The van der Waals surface area contributed by atoms with Crippen molar-refractivity contribution in [1.29, 1.82) is 0 Å². The topological polar surface area (TPSA) is 61.6 Å². The zero-order chi connectivity index (χ0) is 18.7. The molecule has 1 N–H and O–H groups in total. The normalized spacial score (nSPS) is 26.2. The minimum absolute atomic E-state index is 0.0260. The van der Waals surface area contributed by atoms with Gasteiger partial charge >= 0.3 is 0 Å². The first-order valence-corrected chi connectivity index (χ1v) is 10.1. The molecule has 3 rings (SSSR count). The maximum absolute atomic E-state index is 12.1. The Morgan fingerprint density at radius 2 is 1.77 bits per heavy atom. The first-order chi connectivity index (χ1) is 12.3. The fraction of sp³-hybridized carbons (Fsp3) is 0.800. The number of hydrogen-bond donors (Lipinski definition) is 1. The summed E-state index contributed by atoms with van der Waals surface area (Å²) in [6.07, 6.45) is 4.32. The van der Waals surface area contributed by atoms with Crippen LogP contribution < -0.4 is 5.56 Å². The first-order valence-electron chi connectivity index (χ1n) is 10.1. The molecule has 0 spiro atoms. The van der Waals surface area contributed by atoms with Crippen LogP contribution in [0.25, 0.3) is 0 Å². The molecule has 1 saturated heterocycles. The lowest BCUT2D eigenvalue weighted by Gasteiger charge is -2.42. The Morgan fingerprint density at radius 3 is 2.42 bits per heavy atom. The third kappa shape index (κ3) is 4.72. The van der Waals surface area contributed by atoms with Gasteiger partial charge in [-0.15, -0.1) is 0 Å². The summed E-state index contributed by atoms with van der Waals surface area (Å²) in [5, 5.41) is 14.8. The molecule has 1 aliphatic carbocycles. The van der Waals surface area contributed by atoms with Gasteiger partial charge in [-0.3, -0.25) is 14.6 Å². The molecule has 26 heavy (non-hydrogen) atoms. The molecule has 0 aromatic carbocycles. The number of rotatable bonds is 4. The fourth-order valence-corrected chi connectivity index (χ4v) is 4.08. The second-order valence-electron chi connectivity index (χ2n) is 8.83. The Balaban J connectivity index is 1.52. The van der Waals surface area contributed by atoms with Gasteiger partial charge in [0.15, 0.2) is 0 Å². The Hall–Kier alpha value is -1.24. The number of aromatic nitrogens is 2. The molecule has 6 heteroatoms. The van der Waals surface area contributed by atoms with E-state index in [4.69, 9.17) is 0 Å². The molecule has 1 aliphatic heterocycles. The van der Waals surface area contributed by atoms with Crippen molar-refractivity contribution in [3.8, 4) is 0 Å². The number of nitrogens with zero attached hydrogens (tertiary/aromatic N) is 4. The molecular formula is C20H34N4O2. The average molecular weight is 363 g/mol. The zero-order valence-corrected chi connectivity index (χ0v) is 16.5. The van der Waals surface area contributed by atoms with Gasteiger partial charge in [-0.2, -0.15) is 5.10 Å². The van der Waals surface area contributed by atoms with Crippen LogP contribution >= 0.6 is 0 Å². The molecule has 2 heterocycles. The number of aliphatic hydroxyl groups excluding tert-OH is 1. The predicted octanol–water partition coefficient (Wildman–Crippen LogP) is 1.46. The molecule has 1 aromatic heterocycles. The summed E-state index contributed by atoms with van der Waals surface area (Å²) in [4.78, 5) is 17.0. The fourth-order valence-electron chi connectivity index (χ4n) is 4.08. The van der Waals surface area contributed by atoms with E-state index in [0.717, 1.165) is 57.7 Å². The van der Waals surface area contributed by atoms with Crippen LogP contribution in [0.2, 0.25) is 0 Å². The zero-order valence-electron chi connectivity index (χ0n) is 16.5. The van der Waals surface area contributed by atoms with E-state index in [1.54, 1.807) is 10.7 Å². The monoisotopic (exact) mass is 362 g/mol. The van der Waals surface area contributed by atoms with Crippen molar-refractivity contribution in [2.24, 2.45) is 0 Å². The van der Waals surface area contributed by atoms with E-state index in [2.05, 4.69) is 35.7 Å². The standard InChI is InChI=1S/C20H34N4O2/c1-20(2,3)18-8-9-19(26)24(21-18)15-12-22-10-13-23(14-11-22)16-6-4-5-7-17(16)25/h8-9,16-17,25H,4-7,10-15H2,1-3H3. The predicted molar refractivity (Wildman–Crippen MR) is 103 cm³/mol. The molecule has 1 saturated carbocycles. The molecule has 0 bridgehead atoms. The van der Waals surface area contributed by atoms with E-state index in [0.29, 0.717) is 12.6 Å². The van der Waals surface area contributed by atoms with Gasteiger partial charge in [-0.25, -0.2) is 4.68 Å². The van der Waals surface area contributed by atoms with E-state index in [1.165, 1.54) is 6.42 Å². The summed E-state index contributed by atoms with van der Waals surface area (Å²) < 4.78 is 1.61. The Labute approximate surface area is 156 Å². The highest BCUT2D eigenvalue weighted by Crippen LogP contribution is 2.24. The van der Waals surface area contributed by atoms with Crippen LogP contribution in [0.4, 0.5) is 0 Å². The highest BCUT2D eigenvalue weighted by molar-refractivity contribution is 5.10. The molecule has 2 atom stereocenters. The Kier molecular flexibility index (Phi) is 6.15. The smallest absolute Gasteiger partial charge is 0.266 e. The molecular weight excluding hydrogens is 328 g/mol. The van der Waals surface area contributed by atoms with Crippen molar-refractivity contribution >= 4 is 0 Å². The van der Waals surface area contributed by atoms with E-state index >= 15 is 0 Å². The van der Waals surface area contributed by atoms with Crippen molar-refractivity contribution in [3.63, 3.8) is 0 Å². The summed E-state index contributed by atoms with van der Waals surface area (Å²) in [6, 6.07) is 3.82. The van der Waals surface area contributed by atoms with E-state index in [-0.39, 0.29) is 17.1 Å². The van der Waals surface area contributed by atoms with Gasteiger partial charge in [-0.1, -0.05) is 33.6 Å². The van der Waals surface area contributed by atoms with Crippen molar-refractivity contribution in [2.45, 2.75) is 70.6 Å². The van der Waals surface area contributed by atoms with E-state index in [9.17, 15) is 9.90 Å². The van der Waals surface area contributed by atoms with Gasteiger partial charge in [0.25, 0.3) is 5.56 Å². The lowest BCUT2D eigenvalue weighted by molar-refractivity contribution is -0.00405. The van der Waals surface area contributed by atoms with Crippen molar-refractivity contribution < 1.29 is 5.11 Å². The average Bonchev–Trinajstić information content (AvgIpc) is 2.61. The lowest BCUT2D eigenvalue weighted by atomic mass is 9.91. The maximum atomic E-state index is 12.1. The van der Waals surface area contributed by atoms with Gasteiger partial charge in [0, 0.05) is 50.2 Å². The van der Waals surface area contributed by atoms with Crippen molar-refractivity contribution in [2.75, 3.05) is 32.7 Å². The summed E-state index contributed by atoms with van der Waals surface area (Å²) in [7, 11) is 0. The van der Waals surface area contributed by atoms with Crippen LogP contribution in [0.5, 0.6) is 0 Å².